The lowest BCUT2D eigenvalue weighted by Gasteiger charge is -2.18. The molecule has 2 heteroatoms. The normalized spacial score (nSPS) is 18.8. The van der Waals surface area contributed by atoms with Crippen LogP contribution in [0.2, 0.25) is 0 Å². The Morgan fingerprint density at radius 2 is 0.955 bits per heavy atom. The highest BCUT2D eigenvalue weighted by Gasteiger charge is 2.11. The molecule has 2 aromatic rings. The van der Waals surface area contributed by atoms with E-state index in [1.807, 2.05) is 0 Å². The van der Waals surface area contributed by atoms with Crippen LogP contribution in [0.15, 0.2) is 68.6 Å². The van der Waals surface area contributed by atoms with Crippen LogP contribution in [0.3, 0.4) is 0 Å². The van der Waals surface area contributed by atoms with Gasteiger partial charge >= 0.3 is 0 Å². The van der Waals surface area contributed by atoms with E-state index in [0.29, 0.717) is 0 Å². The van der Waals surface area contributed by atoms with Crippen LogP contribution >= 0.6 is 31.9 Å². The number of hydrogen-bond donors (Lipinski definition) is 0. The Balaban J connectivity index is 1.90. The first-order chi connectivity index (χ1) is 10.7. The van der Waals surface area contributed by atoms with Gasteiger partial charge in [-0.2, -0.15) is 0 Å². The molecule has 0 heterocycles. The Bertz CT molecular complexity index is 628. The highest BCUT2D eigenvalue weighted by atomic mass is 79.9. The molecule has 22 heavy (non-hydrogen) atoms. The molecule has 0 nitrogen and oxygen atoms in total. The minimum atomic E-state index is 1.13. The molecule has 112 valence electrons. The van der Waals surface area contributed by atoms with Gasteiger partial charge in [-0.3, -0.25) is 0 Å². The Hall–Kier alpha value is -1.12. The van der Waals surface area contributed by atoms with E-state index in [4.69, 9.17) is 0 Å². The van der Waals surface area contributed by atoms with Gasteiger partial charge in [0.05, 0.1) is 0 Å². The SMILES string of the molecule is Brc1ccc(/C=C2/CCCC/C2=C\c2ccc(Br)cc2)cc1. The van der Waals surface area contributed by atoms with E-state index < -0.39 is 0 Å². The average molecular weight is 418 g/mol. The molecular formula is C20H18Br2. The number of allylic oxidation sites excluding steroid dienone is 2. The van der Waals surface area contributed by atoms with Crippen molar-refractivity contribution in [3.63, 3.8) is 0 Å². The summed E-state index contributed by atoms with van der Waals surface area (Å²) in [6, 6.07) is 17.1. The Labute approximate surface area is 149 Å². The van der Waals surface area contributed by atoms with Gasteiger partial charge in [-0.25, -0.2) is 0 Å². The Morgan fingerprint density at radius 3 is 1.32 bits per heavy atom. The lowest BCUT2D eigenvalue weighted by molar-refractivity contribution is 0.685. The third kappa shape index (κ3) is 4.21. The quantitative estimate of drug-likeness (QED) is 0.482. The van der Waals surface area contributed by atoms with Crippen LogP contribution in [0, 0.1) is 0 Å². The van der Waals surface area contributed by atoms with Crippen molar-refractivity contribution in [2.24, 2.45) is 0 Å². The van der Waals surface area contributed by atoms with Gasteiger partial charge < -0.3 is 0 Å². The third-order valence-corrected chi connectivity index (χ3v) is 5.03. The highest BCUT2D eigenvalue weighted by Crippen LogP contribution is 2.32. The monoisotopic (exact) mass is 416 g/mol. The first kappa shape index (κ1) is 15.8. The summed E-state index contributed by atoms with van der Waals surface area (Å²) in [5, 5.41) is 0. The van der Waals surface area contributed by atoms with Gasteiger partial charge in [0.1, 0.15) is 0 Å². The maximum Gasteiger partial charge on any atom is 0.0175 e. The van der Waals surface area contributed by atoms with Crippen LogP contribution in [-0.2, 0) is 0 Å². The summed E-state index contributed by atoms with van der Waals surface area (Å²) < 4.78 is 2.26. The summed E-state index contributed by atoms with van der Waals surface area (Å²) in [4.78, 5) is 0. The van der Waals surface area contributed by atoms with Crippen LogP contribution in [0.25, 0.3) is 12.2 Å². The minimum Gasteiger partial charge on any atom is -0.0539 e. The van der Waals surface area contributed by atoms with E-state index >= 15 is 0 Å². The van der Waals surface area contributed by atoms with Crippen LogP contribution < -0.4 is 0 Å². The van der Waals surface area contributed by atoms with Crippen LogP contribution in [-0.4, -0.2) is 0 Å². The first-order valence-electron chi connectivity index (χ1n) is 7.63. The van der Waals surface area contributed by atoms with E-state index in [-0.39, 0.29) is 0 Å². The van der Waals surface area contributed by atoms with Crippen molar-refractivity contribution in [3.05, 3.63) is 79.7 Å². The van der Waals surface area contributed by atoms with Gasteiger partial charge in [0.25, 0.3) is 0 Å². The lowest BCUT2D eigenvalue weighted by atomic mass is 9.87. The van der Waals surface area contributed by atoms with Crippen molar-refractivity contribution in [2.75, 3.05) is 0 Å². The molecule has 1 aliphatic rings. The van der Waals surface area contributed by atoms with Gasteiger partial charge in [-0.15, -0.1) is 0 Å². The van der Waals surface area contributed by atoms with E-state index in [1.165, 1.54) is 48.0 Å². The smallest absolute Gasteiger partial charge is 0.0175 e. The largest absolute Gasteiger partial charge is 0.0539 e. The Morgan fingerprint density at radius 1 is 0.591 bits per heavy atom. The zero-order valence-corrected chi connectivity index (χ0v) is 15.5. The molecule has 0 spiro atoms. The topological polar surface area (TPSA) is 0 Å². The summed E-state index contributed by atoms with van der Waals surface area (Å²) >= 11 is 6.99. The van der Waals surface area contributed by atoms with Gasteiger partial charge in [0.15, 0.2) is 0 Å². The molecule has 0 aliphatic heterocycles. The number of benzene rings is 2. The van der Waals surface area contributed by atoms with E-state index in [1.54, 1.807) is 0 Å². The fourth-order valence-corrected chi connectivity index (χ4v) is 3.33. The Kier molecular flexibility index (Phi) is 5.32. The van der Waals surface area contributed by atoms with Crippen molar-refractivity contribution < 1.29 is 0 Å². The van der Waals surface area contributed by atoms with Crippen molar-refractivity contribution in [2.45, 2.75) is 25.7 Å². The maximum absolute atomic E-state index is 3.50. The molecule has 0 saturated heterocycles. The van der Waals surface area contributed by atoms with Gasteiger partial charge in [0, 0.05) is 8.95 Å². The van der Waals surface area contributed by atoms with Crippen LogP contribution in [0.1, 0.15) is 36.8 Å². The molecule has 0 radical (unpaired) electrons. The molecule has 1 aliphatic carbocycles. The molecule has 0 aromatic heterocycles. The second kappa shape index (κ2) is 7.43. The van der Waals surface area contributed by atoms with Crippen molar-refractivity contribution in [1.82, 2.24) is 0 Å². The molecule has 0 N–H and O–H groups in total. The summed E-state index contributed by atoms with van der Waals surface area (Å²) in [6.45, 7) is 0. The van der Waals surface area contributed by atoms with E-state index in [2.05, 4.69) is 92.5 Å². The number of rotatable bonds is 2. The molecule has 3 rings (SSSR count). The van der Waals surface area contributed by atoms with Crippen LogP contribution in [0.4, 0.5) is 0 Å². The fourth-order valence-electron chi connectivity index (χ4n) is 2.80. The second-order valence-electron chi connectivity index (χ2n) is 5.65. The summed E-state index contributed by atoms with van der Waals surface area (Å²) in [7, 11) is 0. The summed E-state index contributed by atoms with van der Waals surface area (Å²) in [6.07, 6.45) is 9.63. The summed E-state index contributed by atoms with van der Waals surface area (Å²) in [5.41, 5.74) is 5.52. The number of hydrogen-bond acceptors (Lipinski definition) is 0. The summed E-state index contributed by atoms with van der Waals surface area (Å²) in [5.74, 6) is 0. The van der Waals surface area contributed by atoms with Crippen molar-refractivity contribution in [1.29, 1.82) is 0 Å². The molecule has 2 aromatic carbocycles. The zero-order valence-electron chi connectivity index (χ0n) is 12.4. The zero-order chi connectivity index (χ0) is 15.4. The lowest BCUT2D eigenvalue weighted by Crippen LogP contribution is -1.98. The van der Waals surface area contributed by atoms with Crippen molar-refractivity contribution in [3.8, 4) is 0 Å². The average Bonchev–Trinajstić information content (AvgIpc) is 2.54. The molecule has 0 unspecified atom stereocenters. The van der Waals surface area contributed by atoms with Gasteiger partial charge in [0.2, 0.25) is 0 Å². The molecule has 0 bridgehead atoms. The predicted molar refractivity (Wildman–Crippen MR) is 103 cm³/mol. The fraction of sp³-hybridized carbons (Fsp3) is 0.200. The standard InChI is InChI=1S/C20H18Br2/c21-19-9-5-15(6-10-19)13-17-3-1-2-4-18(17)14-16-7-11-20(22)12-8-16/h5-14H,1-4H2/b17-13-,18-14+. The van der Waals surface area contributed by atoms with E-state index in [9.17, 15) is 0 Å². The maximum atomic E-state index is 3.50. The van der Waals surface area contributed by atoms with Crippen molar-refractivity contribution >= 4 is 44.0 Å². The molecule has 0 amide bonds. The van der Waals surface area contributed by atoms with Gasteiger partial charge in [-0.05, 0) is 72.2 Å². The highest BCUT2D eigenvalue weighted by molar-refractivity contribution is 9.10. The molecule has 1 fully saturated rings. The predicted octanol–water partition coefficient (Wildman–Crippen LogP) is 7.25. The van der Waals surface area contributed by atoms with E-state index in [0.717, 1.165) is 8.95 Å². The minimum absolute atomic E-state index is 1.13. The molecule has 0 atom stereocenters. The van der Waals surface area contributed by atoms with Crippen LogP contribution in [0.5, 0.6) is 0 Å². The number of halogens is 2. The first-order valence-corrected chi connectivity index (χ1v) is 9.22. The van der Waals surface area contributed by atoms with Gasteiger partial charge in [-0.1, -0.05) is 68.3 Å². The third-order valence-electron chi connectivity index (χ3n) is 3.98. The molecule has 1 saturated carbocycles. The second-order valence-corrected chi connectivity index (χ2v) is 7.48. The molecular weight excluding hydrogens is 400 g/mol.